The normalized spacial score (nSPS) is 25.1. The Morgan fingerprint density at radius 1 is 1.14 bits per heavy atom. The quantitative estimate of drug-likeness (QED) is 0.793. The number of hydrogen-bond donors (Lipinski definition) is 1. The van der Waals surface area contributed by atoms with E-state index in [1.807, 2.05) is 12.1 Å². The zero-order chi connectivity index (χ0) is 19.7. The molecule has 3 aliphatic heterocycles. The largest absolute Gasteiger partial charge is 0.486 e. The van der Waals surface area contributed by atoms with Gasteiger partial charge in [0.15, 0.2) is 5.78 Å². The molecule has 0 saturated carbocycles. The van der Waals surface area contributed by atoms with Crippen LogP contribution in [0.4, 0.5) is 0 Å². The maximum atomic E-state index is 12.6. The van der Waals surface area contributed by atoms with Crippen LogP contribution in [0.2, 0.25) is 0 Å². The maximum absolute atomic E-state index is 12.6. The Hall–Kier alpha value is -2.90. The highest BCUT2D eigenvalue weighted by atomic mass is 16.5. The second-order valence-electron chi connectivity index (χ2n) is 7.61. The summed E-state index contributed by atoms with van der Waals surface area (Å²) in [6.07, 6.45) is 1.41. The number of carbonyl (C=O) groups excluding carboxylic acids is 4. The van der Waals surface area contributed by atoms with Crippen molar-refractivity contribution < 1.29 is 23.9 Å². The van der Waals surface area contributed by atoms with Crippen molar-refractivity contribution in [1.82, 2.24) is 15.1 Å². The van der Waals surface area contributed by atoms with E-state index in [2.05, 4.69) is 5.32 Å². The maximum Gasteiger partial charge on any atom is 0.242 e. The lowest BCUT2D eigenvalue weighted by molar-refractivity contribution is -0.143. The molecule has 1 aromatic rings. The number of rotatable bonds is 2. The predicted octanol–water partition coefficient (Wildman–Crippen LogP) is 0.361. The number of fused-ring (bicyclic) bond motifs is 1. The molecule has 1 spiro atoms. The molecule has 1 N–H and O–H groups in total. The number of Topliss-reactive ketones (excluding diaryl/α,β-unsaturated/α-hetero) is 1. The van der Waals surface area contributed by atoms with E-state index in [0.29, 0.717) is 43.8 Å². The summed E-state index contributed by atoms with van der Waals surface area (Å²) in [7, 11) is 0. The van der Waals surface area contributed by atoms with Gasteiger partial charge in [0.25, 0.3) is 0 Å². The fraction of sp³-hybridized carbons (Fsp3) is 0.500. The molecule has 3 amide bonds. The second-order valence-corrected chi connectivity index (χ2v) is 7.61. The van der Waals surface area contributed by atoms with Crippen LogP contribution in [-0.2, 0) is 14.4 Å². The van der Waals surface area contributed by atoms with Crippen molar-refractivity contribution in [3.8, 4) is 5.75 Å². The zero-order valence-electron chi connectivity index (χ0n) is 15.6. The molecular weight excluding hydrogens is 362 g/mol. The number of likely N-dealkylation sites (tertiary alicyclic amines) is 1. The first-order valence-corrected chi connectivity index (χ1v) is 9.59. The fourth-order valence-electron chi connectivity index (χ4n) is 4.09. The van der Waals surface area contributed by atoms with Crippen molar-refractivity contribution in [2.45, 2.75) is 31.3 Å². The van der Waals surface area contributed by atoms with Gasteiger partial charge in [-0.25, -0.2) is 0 Å². The summed E-state index contributed by atoms with van der Waals surface area (Å²) < 4.78 is 6.19. The van der Waals surface area contributed by atoms with Crippen LogP contribution in [0.5, 0.6) is 5.75 Å². The van der Waals surface area contributed by atoms with Gasteiger partial charge in [0, 0.05) is 32.5 Å². The molecule has 0 radical (unpaired) electrons. The number of amides is 3. The summed E-state index contributed by atoms with van der Waals surface area (Å²) in [5, 5.41) is 2.68. The number of para-hydroxylation sites is 1. The van der Waals surface area contributed by atoms with Gasteiger partial charge in [0.2, 0.25) is 17.7 Å². The van der Waals surface area contributed by atoms with E-state index < -0.39 is 5.60 Å². The molecule has 2 fully saturated rings. The lowest BCUT2D eigenvalue weighted by Gasteiger charge is -2.37. The minimum absolute atomic E-state index is 0.0261. The predicted molar refractivity (Wildman–Crippen MR) is 98.8 cm³/mol. The molecule has 0 bridgehead atoms. The van der Waals surface area contributed by atoms with E-state index in [-0.39, 0.29) is 49.4 Å². The molecule has 1 unspecified atom stereocenters. The van der Waals surface area contributed by atoms with Gasteiger partial charge in [0.05, 0.1) is 25.1 Å². The molecule has 1 aromatic carbocycles. The lowest BCUT2D eigenvalue weighted by atomic mass is 9.84. The first kappa shape index (κ1) is 18.5. The van der Waals surface area contributed by atoms with Gasteiger partial charge in [-0.3, -0.25) is 19.2 Å². The van der Waals surface area contributed by atoms with Crippen LogP contribution >= 0.6 is 0 Å². The van der Waals surface area contributed by atoms with Gasteiger partial charge in [-0.1, -0.05) is 12.1 Å². The molecule has 8 heteroatoms. The van der Waals surface area contributed by atoms with Crippen LogP contribution in [0, 0.1) is 0 Å². The Bertz CT molecular complexity index is 839. The molecule has 2 saturated heterocycles. The SMILES string of the molecule is O=C1CN(C(=O)CN2CCC3(CCC2=O)CC(=O)c2ccccc2O3)CCN1. The number of nitrogens with one attached hydrogen (secondary N) is 1. The Morgan fingerprint density at radius 2 is 1.96 bits per heavy atom. The van der Waals surface area contributed by atoms with Crippen LogP contribution in [0.1, 0.15) is 36.0 Å². The van der Waals surface area contributed by atoms with Gasteiger partial charge < -0.3 is 19.9 Å². The summed E-state index contributed by atoms with van der Waals surface area (Å²) in [6.45, 7) is 1.20. The Balaban J connectivity index is 1.44. The average Bonchev–Trinajstić information content (AvgIpc) is 2.82. The lowest BCUT2D eigenvalue weighted by Crippen LogP contribution is -2.53. The second kappa shape index (κ2) is 7.26. The molecule has 3 aliphatic rings. The smallest absolute Gasteiger partial charge is 0.242 e. The van der Waals surface area contributed by atoms with Crippen molar-refractivity contribution in [3.05, 3.63) is 29.8 Å². The summed E-state index contributed by atoms with van der Waals surface area (Å²) in [6, 6.07) is 7.17. The fourth-order valence-corrected chi connectivity index (χ4v) is 4.09. The Kier molecular flexibility index (Phi) is 4.78. The zero-order valence-corrected chi connectivity index (χ0v) is 15.6. The number of nitrogens with zero attached hydrogens (tertiary/aromatic N) is 2. The molecule has 148 valence electrons. The number of benzene rings is 1. The van der Waals surface area contributed by atoms with Crippen molar-refractivity contribution in [3.63, 3.8) is 0 Å². The highest BCUT2D eigenvalue weighted by Crippen LogP contribution is 2.39. The van der Waals surface area contributed by atoms with Crippen LogP contribution in [-0.4, -0.2) is 71.6 Å². The number of ketones is 1. The molecular formula is C20H23N3O5. The molecule has 3 heterocycles. The average molecular weight is 385 g/mol. The third kappa shape index (κ3) is 3.58. The standard InChI is InChI=1S/C20H23N3O5/c24-15-11-20(28-16-4-2-1-3-14(15)16)6-5-18(26)22(9-7-20)13-19(27)23-10-8-21-17(25)12-23/h1-4H,5-13H2,(H,21,25). The van der Waals surface area contributed by atoms with Crippen molar-refractivity contribution >= 4 is 23.5 Å². The number of piperazine rings is 1. The highest BCUT2D eigenvalue weighted by Gasteiger charge is 2.43. The molecule has 0 aromatic heterocycles. The van der Waals surface area contributed by atoms with Crippen LogP contribution in [0.3, 0.4) is 0 Å². The topological polar surface area (TPSA) is 96.0 Å². The molecule has 28 heavy (non-hydrogen) atoms. The van der Waals surface area contributed by atoms with E-state index in [4.69, 9.17) is 4.74 Å². The van der Waals surface area contributed by atoms with Gasteiger partial charge in [0.1, 0.15) is 11.4 Å². The van der Waals surface area contributed by atoms with Crippen LogP contribution in [0.15, 0.2) is 24.3 Å². The molecule has 1 atom stereocenters. The molecule has 4 rings (SSSR count). The van der Waals surface area contributed by atoms with Gasteiger partial charge in [-0.15, -0.1) is 0 Å². The summed E-state index contributed by atoms with van der Waals surface area (Å²) >= 11 is 0. The van der Waals surface area contributed by atoms with Crippen molar-refractivity contribution in [1.29, 1.82) is 0 Å². The highest BCUT2D eigenvalue weighted by molar-refractivity contribution is 6.00. The Morgan fingerprint density at radius 3 is 2.79 bits per heavy atom. The molecule has 0 aliphatic carbocycles. The van der Waals surface area contributed by atoms with E-state index in [0.717, 1.165) is 0 Å². The third-order valence-corrected chi connectivity index (χ3v) is 5.70. The van der Waals surface area contributed by atoms with Crippen LogP contribution < -0.4 is 10.1 Å². The first-order chi connectivity index (χ1) is 13.5. The Labute approximate surface area is 162 Å². The van der Waals surface area contributed by atoms with E-state index in [1.54, 1.807) is 12.1 Å². The van der Waals surface area contributed by atoms with Gasteiger partial charge in [-0.2, -0.15) is 0 Å². The summed E-state index contributed by atoms with van der Waals surface area (Å²) in [5.41, 5.74) is -0.122. The first-order valence-electron chi connectivity index (χ1n) is 9.59. The van der Waals surface area contributed by atoms with Crippen molar-refractivity contribution in [2.24, 2.45) is 0 Å². The number of carbonyl (C=O) groups is 4. The summed E-state index contributed by atoms with van der Waals surface area (Å²) in [4.78, 5) is 52.2. The van der Waals surface area contributed by atoms with E-state index in [1.165, 1.54) is 9.80 Å². The van der Waals surface area contributed by atoms with Gasteiger partial charge in [-0.05, 0) is 18.6 Å². The minimum atomic E-state index is -0.704. The van der Waals surface area contributed by atoms with E-state index in [9.17, 15) is 19.2 Å². The molecule has 8 nitrogen and oxygen atoms in total. The number of hydrogen-bond acceptors (Lipinski definition) is 5. The van der Waals surface area contributed by atoms with Crippen molar-refractivity contribution in [2.75, 3.05) is 32.7 Å². The third-order valence-electron chi connectivity index (χ3n) is 5.70. The monoisotopic (exact) mass is 385 g/mol. The van der Waals surface area contributed by atoms with Gasteiger partial charge >= 0.3 is 0 Å². The number of ether oxygens (including phenoxy) is 1. The minimum Gasteiger partial charge on any atom is -0.486 e. The van der Waals surface area contributed by atoms with Crippen LogP contribution in [0.25, 0.3) is 0 Å². The summed E-state index contributed by atoms with van der Waals surface area (Å²) in [5.74, 6) is 0.0495. The van der Waals surface area contributed by atoms with E-state index >= 15 is 0 Å².